The number of hydrogen-bond donors (Lipinski definition) is 0. The Balaban J connectivity index is 2.56. The van der Waals surface area contributed by atoms with Crippen molar-refractivity contribution in [2.45, 2.75) is 6.92 Å². The molecule has 3 heteroatoms. The Morgan fingerprint density at radius 2 is 1.31 bits per heavy atom. The second-order valence-electron chi connectivity index (χ2n) is 3.61. The van der Waals surface area contributed by atoms with E-state index >= 15 is 0 Å². The van der Waals surface area contributed by atoms with Gasteiger partial charge in [-0.1, -0.05) is 29.8 Å². The highest BCUT2D eigenvalue weighted by Crippen LogP contribution is 2.25. The summed E-state index contributed by atoms with van der Waals surface area (Å²) in [4.78, 5) is 0. The molecule has 0 aliphatic carbocycles. The third-order valence-electron chi connectivity index (χ3n) is 2.37. The van der Waals surface area contributed by atoms with Crippen molar-refractivity contribution in [1.29, 1.82) is 0 Å². The van der Waals surface area contributed by atoms with Gasteiger partial charge in [0.05, 0.1) is 0 Å². The quantitative estimate of drug-likeness (QED) is 0.638. The van der Waals surface area contributed by atoms with Crippen molar-refractivity contribution < 1.29 is 13.2 Å². The van der Waals surface area contributed by atoms with E-state index in [9.17, 15) is 13.2 Å². The second-order valence-corrected chi connectivity index (χ2v) is 3.61. The normalized spacial score (nSPS) is 10.5. The van der Waals surface area contributed by atoms with Crippen LogP contribution in [0, 0.1) is 24.4 Å². The Bertz CT molecular complexity index is 515. The van der Waals surface area contributed by atoms with E-state index in [0.29, 0.717) is 11.6 Å². The first-order valence-corrected chi connectivity index (χ1v) is 4.79. The van der Waals surface area contributed by atoms with Crippen LogP contribution in [0.5, 0.6) is 0 Å². The Morgan fingerprint density at radius 1 is 0.750 bits per heavy atom. The van der Waals surface area contributed by atoms with E-state index < -0.39 is 17.5 Å². The van der Waals surface area contributed by atoms with Crippen molar-refractivity contribution in [3.05, 3.63) is 59.4 Å². The highest BCUT2D eigenvalue weighted by atomic mass is 19.2. The zero-order valence-electron chi connectivity index (χ0n) is 8.60. The number of halogens is 3. The fourth-order valence-corrected chi connectivity index (χ4v) is 1.48. The van der Waals surface area contributed by atoms with Crippen LogP contribution in [0.3, 0.4) is 0 Å². The topological polar surface area (TPSA) is 0 Å². The molecule has 0 saturated carbocycles. The van der Waals surface area contributed by atoms with E-state index in [1.165, 1.54) is 0 Å². The molecule has 0 spiro atoms. The summed E-state index contributed by atoms with van der Waals surface area (Å²) >= 11 is 0. The molecule has 82 valence electrons. The van der Waals surface area contributed by atoms with Gasteiger partial charge in [-0.3, -0.25) is 0 Å². The Hall–Kier alpha value is -1.77. The molecule has 2 aromatic carbocycles. The Labute approximate surface area is 91.4 Å². The molecule has 2 rings (SSSR count). The van der Waals surface area contributed by atoms with E-state index in [1.54, 1.807) is 24.3 Å². The highest BCUT2D eigenvalue weighted by Gasteiger charge is 2.10. The van der Waals surface area contributed by atoms with Crippen molar-refractivity contribution in [2.24, 2.45) is 0 Å². The maximum absolute atomic E-state index is 13.4. The SMILES string of the molecule is Cc1ccc(-c2cc(F)c(F)cc2F)cc1. The molecule has 0 unspecified atom stereocenters. The third kappa shape index (κ3) is 1.94. The Morgan fingerprint density at radius 3 is 1.94 bits per heavy atom. The van der Waals surface area contributed by atoms with Gasteiger partial charge >= 0.3 is 0 Å². The van der Waals surface area contributed by atoms with Gasteiger partial charge in [0.25, 0.3) is 0 Å². The summed E-state index contributed by atoms with van der Waals surface area (Å²) in [6.07, 6.45) is 0. The van der Waals surface area contributed by atoms with E-state index in [2.05, 4.69) is 0 Å². The molecule has 0 N–H and O–H groups in total. The van der Waals surface area contributed by atoms with Crippen LogP contribution in [-0.2, 0) is 0 Å². The third-order valence-corrected chi connectivity index (χ3v) is 2.37. The van der Waals surface area contributed by atoms with Crippen molar-refractivity contribution >= 4 is 0 Å². The number of benzene rings is 2. The first-order valence-electron chi connectivity index (χ1n) is 4.79. The first-order chi connectivity index (χ1) is 7.58. The molecule has 0 saturated heterocycles. The summed E-state index contributed by atoms with van der Waals surface area (Å²) in [5, 5.41) is 0. The predicted octanol–water partition coefficient (Wildman–Crippen LogP) is 4.08. The predicted molar refractivity (Wildman–Crippen MR) is 56.5 cm³/mol. The van der Waals surface area contributed by atoms with Gasteiger partial charge < -0.3 is 0 Å². The fourth-order valence-electron chi connectivity index (χ4n) is 1.48. The van der Waals surface area contributed by atoms with Gasteiger partial charge in [0.15, 0.2) is 11.6 Å². The molecule has 0 radical (unpaired) electrons. The molecule has 0 fully saturated rings. The van der Waals surface area contributed by atoms with Gasteiger partial charge in [0.2, 0.25) is 0 Å². The maximum atomic E-state index is 13.4. The lowest BCUT2D eigenvalue weighted by Gasteiger charge is -2.04. The van der Waals surface area contributed by atoms with Gasteiger partial charge in [-0.2, -0.15) is 0 Å². The molecule has 2 aromatic rings. The van der Waals surface area contributed by atoms with Gasteiger partial charge in [-0.15, -0.1) is 0 Å². The fraction of sp³-hybridized carbons (Fsp3) is 0.0769. The van der Waals surface area contributed by atoms with Crippen LogP contribution < -0.4 is 0 Å². The Kier molecular flexibility index (Phi) is 2.69. The highest BCUT2D eigenvalue weighted by molar-refractivity contribution is 5.64. The zero-order chi connectivity index (χ0) is 11.7. The van der Waals surface area contributed by atoms with Crippen LogP contribution in [0.2, 0.25) is 0 Å². The van der Waals surface area contributed by atoms with Crippen molar-refractivity contribution in [2.75, 3.05) is 0 Å². The zero-order valence-corrected chi connectivity index (χ0v) is 8.60. The van der Waals surface area contributed by atoms with Crippen LogP contribution >= 0.6 is 0 Å². The molecule has 0 amide bonds. The summed E-state index contributed by atoms with van der Waals surface area (Å²) < 4.78 is 39.1. The van der Waals surface area contributed by atoms with Crippen LogP contribution in [0.1, 0.15) is 5.56 Å². The molecule has 0 aliphatic heterocycles. The van der Waals surface area contributed by atoms with Gasteiger partial charge in [0.1, 0.15) is 5.82 Å². The molecule has 0 bridgehead atoms. The lowest BCUT2D eigenvalue weighted by molar-refractivity contribution is 0.496. The lowest BCUT2D eigenvalue weighted by Crippen LogP contribution is -1.91. The van der Waals surface area contributed by atoms with Gasteiger partial charge in [-0.05, 0) is 18.6 Å². The molecular formula is C13H9F3. The van der Waals surface area contributed by atoms with Crippen LogP contribution in [0.25, 0.3) is 11.1 Å². The van der Waals surface area contributed by atoms with Crippen LogP contribution in [0.4, 0.5) is 13.2 Å². The van der Waals surface area contributed by atoms with Crippen molar-refractivity contribution in [3.63, 3.8) is 0 Å². The van der Waals surface area contributed by atoms with Crippen LogP contribution in [0.15, 0.2) is 36.4 Å². The number of aryl methyl sites for hydroxylation is 1. The standard InChI is InChI=1S/C13H9F3/c1-8-2-4-9(5-3-8)10-6-12(15)13(16)7-11(10)14/h2-7H,1H3. The smallest absolute Gasteiger partial charge is 0.161 e. The minimum absolute atomic E-state index is 0.0684. The van der Waals surface area contributed by atoms with E-state index in [1.807, 2.05) is 6.92 Å². The minimum Gasteiger partial charge on any atom is -0.206 e. The summed E-state index contributed by atoms with van der Waals surface area (Å²) in [5.74, 6) is -2.98. The molecule has 0 heterocycles. The molecular weight excluding hydrogens is 213 g/mol. The summed E-state index contributed by atoms with van der Waals surface area (Å²) in [7, 11) is 0. The number of rotatable bonds is 1. The average molecular weight is 222 g/mol. The summed E-state index contributed by atoms with van der Waals surface area (Å²) in [6.45, 7) is 1.89. The summed E-state index contributed by atoms with van der Waals surface area (Å²) in [6, 6.07) is 8.35. The van der Waals surface area contributed by atoms with E-state index in [-0.39, 0.29) is 5.56 Å². The van der Waals surface area contributed by atoms with Crippen molar-refractivity contribution in [1.82, 2.24) is 0 Å². The maximum Gasteiger partial charge on any atom is 0.161 e. The van der Waals surface area contributed by atoms with Gasteiger partial charge in [-0.25, -0.2) is 13.2 Å². The first kappa shape index (κ1) is 10.7. The average Bonchev–Trinajstić information content (AvgIpc) is 2.25. The number of hydrogen-bond acceptors (Lipinski definition) is 0. The van der Waals surface area contributed by atoms with Crippen LogP contribution in [-0.4, -0.2) is 0 Å². The van der Waals surface area contributed by atoms with E-state index in [0.717, 1.165) is 11.6 Å². The second kappa shape index (κ2) is 4.00. The largest absolute Gasteiger partial charge is 0.206 e. The molecule has 0 aromatic heterocycles. The van der Waals surface area contributed by atoms with Gasteiger partial charge in [0, 0.05) is 11.6 Å². The van der Waals surface area contributed by atoms with Crippen molar-refractivity contribution in [3.8, 4) is 11.1 Å². The monoisotopic (exact) mass is 222 g/mol. The molecule has 0 nitrogen and oxygen atoms in total. The molecule has 0 atom stereocenters. The minimum atomic E-state index is -1.17. The lowest BCUT2D eigenvalue weighted by atomic mass is 10.0. The summed E-state index contributed by atoms with van der Waals surface area (Å²) in [5.41, 5.74) is 1.62. The molecule has 16 heavy (non-hydrogen) atoms. The van der Waals surface area contributed by atoms with E-state index in [4.69, 9.17) is 0 Å². The molecule has 0 aliphatic rings.